The molecule has 0 spiro atoms. The second-order valence-electron chi connectivity index (χ2n) is 3.17. The van der Waals surface area contributed by atoms with E-state index in [9.17, 15) is 0 Å². The number of ether oxygens (including phenoxy) is 1. The fourth-order valence-corrected chi connectivity index (χ4v) is 2.41. The number of hydrazine groups is 1. The van der Waals surface area contributed by atoms with Crippen molar-refractivity contribution in [3.8, 4) is 0 Å². The quantitative estimate of drug-likeness (QED) is 0.556. The molecular weight excluding hydrogens is 186 g/mol. The van der Waals surface area contributed by atoms with Gasteiger partial charge < -0.3 is 4.74 Å². The van der Waals surface area contributed by atoms with E-state index in [1.54, 1.807) is 11.3 Å². The van der Waals surface area contributed by atoms with Crippen molar-refractivity contribution >= 4 is 16.5 Å². The molecule has 1 aliphatic rings. The molecule has 0 radical (unpaired) electrons. The molecule has 1 aromatic rings. The number of hydrogen-bond acceptors (Lipinski definition) is 5. The van der Waals surface area contributed by atoms with Crippen LogP contribution in [0.4, 0.5) is 5.13 Å². The van der Waals surface area contributed by atoms with Crippen LogP contribution >= 0.6 is 11.3 Å². The van der Waals surface area contributed by atoms with Gasteiger partial charge in [-0.25, -0.2) is 10.8 Å². The lowest BCUT2D eigenvalue weighted by Gasteiger charge is -2.03. The zero-order valence-corrected chi connectivity index (χ0v) is 8.36. The summed E-state index contributed by atoms with van der Waals surface area (Å²) in [6.45, 7) is 3.73. The molecule has 3 N–H and O–H groups in total. The lowest BCUT2D eigenvalue weighted by atomic mass is 10.0. The lowest BCUT2D eigenvalue weighted by Crippen LogP contribution is -2.07. The first-order valence-corrected chi connectivity index (χ1v) is 5.14. The summed E-state index contributed by atoms with van der Waals surface area (Å²) in [5.74, 6) is 5.77. The largest absolute Gasteiger partial charge is 0.381 e. The van der Waals surface area contributed by atoms with Gasteiger partial charge in [0.25, 0.3) is 0 Å². The molecule has 0 bridgehead atoms. The van der Waals surface area contributed by atoms with Crippen LogP contribution < -0.4 is 11.3 Å². The predicted octanol–water partition coefficient (Wildman–Crippen LogP) is 1.24. The molecule has 13 heavy (non-hydrogen) atoms. The number of nitrogen functional groups attached to an aromatic ring is 1. The highest BCUT2D eigenvalue weighted by Gasteiger charge is 2.22. The van der Waals surface area contributed by atoms with Crippen LogP contribution in [0.25, 0.3) is 0 Å². The number of rotatable bonds is 2. The number of anilines is 1. The van der Waals surface area contributed by atoms with Crippen molar-refractivity contribution in [1.82, 2.24) is 4.98 Å². The van der Waals surface area contributed by atoms with Crippen LogP contribution in [0.3, 0.4) is 0 Å². The Kier molecular flexibility index (Phi) is 2.48. The second kappa shape index (κ2) is 3.61. The monoisotopic (exact) mass is 199 g/mol. The fourth-order valence-electron chi connectivity index (χ4n) is 1.60. The normalized spacial score (nSPS) is 22.2. The van der Waals surface area contributed by atoms with Gasteiger partial charge in [-0.1, -0.05) is 0 Å². The summed E-state index contributed by atoms with van der Waals surface area (Å²) in [5.41, 5.74) is 3.73. The van der Waals surface area contributed by atoms with Crippen LogP contribution in [-0.2, 0) is 4.74 Å². The Bertz CT molecular complexity index is 294. The SMILES string of the molecule is Cc1sc(NN)nc1C1CCOC1. The van der Waals surface area contributed by atoms with Crippen LogP contribution in [0.1, 0.15) is 22.9 Å². The fraction of sp³-hybridized carbons (Fsp3) is 0.625. The standard InChI is InChI=1S/C8H13N3OS/c1-5-7(6-2-3-12-4-6)10-8(11-9)13-5/h6H,2-4,9H2,1H3,(H,10,11). The summed E-state index contributed by atoms with van der Waals surface area (Å²) in [6.07, 6.45) is 1.08. The highest BCUT2D eigenvalue weighted by Crippen LogP contribution is 2.31. The van der Waals surface area contributed by atoms with Gasteiger partial charge in [0.2, 0.25) is 0 Å². The number of aryl methyl sites for hydroxylation is 1. The summed E-state index contributed by atoms with van der Waals surface area (Å²) in [4.78, 5) is 5.65. The van der Waals surface area contributed by atoms with E-state index in [1.165, 1.54) is 4.88 Å². The van der Waals surface area contributed by atoms with E-state index in [-0.39, 0.29) is 0 Å². The molecule has 1 aliphatic heterocycles. The van der Waals surface area contributed by atoms with Crippen molar-refractivity contribution in [1.29, 1.82) is 0 Å². The lowest BCUT2D eigenvalue weighted by molar-refractivity contribution is 0.193. The molecule has 0 saturated carbocycles. The molecule has 1 aromatic heterocycles. The first-order valence-electron chi connectivity index (χ1n) is 4.33. The van der Waals surface area contributed by atoms with Crippen molar-refractivity contribution in [2.45, 2.75) is 19.3 Å². The van der Waals surface area contributed by atoms with Crippen molar-refractivity contribution in [2.24, 2.45) is 5.84 Å². The molecule has 1 atom stereocenters. The highest BCUT2D eigenvalue weighted by molar-refractivity contribution is 7.15. The third-order valence-electron chi connectivity index (χ3n) is 2.27. The Hall–Kier alpha value is -0.650. The summed E-state index contributed by atoms with van der Waals surface area (Å²) >= 11 is 1.60. The van der Waals surface area contributed by atoms with E-state index in [0.717, 1.165) is 30.5 Å². The number of aromatic nitrogens is 1. The molecule has 72 valence electrons. The Labute approximate surface area is 81.1 Å². The smallest absolute Gasteiger partial charge is 0.197 e. The Balaban J connectivity index is 2.22. The van der Waals surface area contributed by atoms with Gasteiger partial charge in [0.1, 0.15) is 0 Å². The number of nitrogens with one attached hydrogen (secondary N) is 1. The Morgan fingerprint density at radius 2 is 2.54 bits per heavy atom. The van der Waals surface area contributed by atoms with Crippen LogP contribution in [0.2, 0.25) is 0 Å². The topological polar surface area (TPSA) is 60.2 Å². The highest BCUT2D eigenvalue weighted by atomic mass is 32.1. The summed E-state index contributed by atoms with van der Waals surface area (Å²) in [5, 5.41) is 0.791. The number of nitrogens with zero attached hydrogens (tertiary/aromatic N) is 1. The van der Waals surface area contributed by atoms with Crippen molar-refractivity contribution in [3.63, 3.8) is 0 Å². The average molecular weight is 199 g/mol. The van der Waals surface area contributed by atoms with Gasteiger partial charge >= 0.3 is 0 Å². The van der Waals surface area contributed by atoms with Crippen LogP contribution in [0.15, 0.2) is 0 Å². The van der Waals surface area contributed by atoms with Gasteiger partial charge in [-0.05, 0) is 13.3 Å². The summed E-state index contributed by atoms with van der Waals surface area (Å²) < 4.78 is 5.32. The minimum Gasteiger partial charge on any atom is -0.381 e. The first kappa shape index (κ1) is 8.93. The van der Waals surface area contributed by atoms with E-state index in [1.807, 2.05) is 0 Å². The van der Waals surface area contributed by atoms with Crippen molar-refractivity contribution in [2.75, 3.05) is 18.6 Å². The van der Waals surface area contributed by atoms with Crippen LogP contribution in [0.5, 0.6) is 0 Å². The molecule has 1 fully saturated rings. The van der Waals surface area contributed by atoms with Crippen molar-refractivity contribution < 1.29 is 4.74 Å². The molecule has 0 aliphatic carbocycles. The zero-order chi connectivity index (χ0) is 9.26. The van der Waals surface area contributed by atoms with E-state index in [2.05, 4.69) is 17.3 Å². The van der Waals surface area contributed by atoms with Crippen LogP contribution in [0, 0.1) is 6.92 Å². The predicted molar refractivity (Wildman–Crippen MR) is 52.8 cm³/mol. The number of nitrogens with two attached hydrogens (primary N) is 1. The summed E-state index contributed by atoms with van der Waals surface area (Å²) in [7, 11) is 0. The maximum absolute atomic E-state index is 5.32. The van der Waals surface area contributed by atoms with Gasteiger partial charge in [0.05, 0.1) is 12.3 Å². The van der Waals surface area contributed by atoms with Gasteiger partial charge in [0, 0.05) is 17.4 Å². The second-order valence-corrected chi connectivity index (χ2v) is 4.37. The molecule has 1 unspecified atom stereocenters. The minimum absolute atomic E-state index is 0.471. The zero-order valence-electron chi connectivity index (χ0n) is 7.54. The molecule has 4 nitrogen and oxygen atoms in total. The number of hydrogen-bond donors (Lipinski definition) is 2. The maximum Gasteiger partial charge on any atom is 0.197 e. The van der Waals surface area contributed by atoms with E-state index in [0.29, 0.717) is 5.92 Å². The minimum atomic E-state index is 0.471. The van der Waals surface area contributed by atoms with Crippen molar-refractivity contribution in [3.05, 3.63) is 10.6 Å². The van der Waals surface area contributed by atoms with Gasteiger partial charge in [-0.3, -0.25) is 5.43 Å². The third-order valence-corrected chi connectivity index (χ3v) is 3.19. The van der Waals surface area contributed by atoms with E-state index < -0.39 is 0 Å². The molecule has 1 saturated heterocycles. The number of thiazole rings is 1. The first-order chi connectivity index (χ1) is 6.31. The molecule has 2 heterocycles. The molecule has 0 amide bonds. The average Bonchev–Trinajstić information content (AvgIpc) is 2.72. The molecule has 5 heteroatoms. The van der Waals surface area contributed by atoms with Gasteiger partial charge in [0.15, 0.2) is 5.13 Å². The van der Waals surface area contributed by atoms with E-state index in [4.69, 9.17) is 10.6 Å². The molecular formula is C8H13N3OS. The van der Waals surface area contributed by atoms with Gasteiger partial charge in [-0.2, -0.15) is 0 Å². The van der Waals surface area contributed by atoms with E-state index >= 15 is 0 Å². The Morgan fingerprint density at radius 1 is 1.69 bits per heavy atom. The Morgan fingerprint density at radius 3 is 3.08 bits per heavy atom. The third kappa shape index (κ3) is 1.67. The maximum atomic E-state index is 5.32. The van der Waals surface area contributed by atoms with Gasteiger partial charge in [-0.15, -0.1) is 11.3 Å². The molecule has 0 aromatic carbocycles. The summed E-state index contributed by atoms with van der Waals surface area (Å²) in [6, 6.07) is 0. The molecule has 2 rings (SSSR count). The van der Waals surface area contributed by atoms with Crippen LogP contribution in [-0.4, -0.2) is 18.2 Å².